The van der Waals surface area contributed by atoms with Crippen LogP contribution in [0.15, 0.2) is 10.6 Å². The van der Waals surface area contributed by atoms with Crippen molar-refractivity contribution in [2.75, 3.05) is 19.5 Å². The van der Waals surface area contributed by atoms with E-state index >= 15 is 0 Å². The highest BCUT2D eigenvalue weighted by atomic mass is 32.2. The Bertz CT molecular complexity index is 884. The topological polar surface area (TPSA) is 107 Å². The highest BCUT2D eigenvalue weighted by molar-refractivity contribution is 8.15. The van der Waals surface area contributed by atoms with Gasteiger partial charge in [0.05, 0.1) is 31.1 Å². The molecular weight excluding hydrogens is 390 g/mol. The highest BCUT2D eigenvalue weighted by Gasteiger charge is 2.26. The van der Waals surface area contributed by atoms with Crippen molar-refractivity contribution in [3.8, 4) is 11.5 Å². The number of ether oxygens (including phenoxy) is 2. The van der Waals surface area contributed by atoms with E-state index in [0.717, 1.165) is 11.8 Å². The summed E-state index contributed by atoms with van der Waals surface area (Å²) in [6.45, 7) is 3.70. The molecule has 3 rings (SSSR count). The molecule has 0 saturated heterocycles. The van der Waals surface area contributed by atoms with Crippen LogP contribution in [0.4, 0.5) is 0 Å². The average Bonchev–Trinajstić information content (AvgIpc) is 3.06. The van der Waals surface area contributed by atoms with E-state index in [1.807, 2.05) is 0 Å². The second-order valence-corrected chi connectivity index (χ2v) is 7.41. The van der Waals surface area contributed by atoms with Gasteiger partial charge in [0.1, 0.15) is 17.5 Å². The summed E-state index contributed by atoms with van der Waals surface area (Å²) in [7, 11) is 1.49. The summed E-state index contributed by atoms with van der Waals surface area (Å²) in [5, 5.41) is 17.1. The van der Waals surface area contributed by atoms with Crippen molar-refractivity contribution >= 4 is 34.1 Å². The van der Waals surface area contributed by atoms with Gasteiger partial charge in [-0.15, -0.1) is 0 Å². The quantitative estimate of drug-likeness (QED) is 0.718. The van der Waals surface area contributed by atoms with Gasteiger partial charge in [-0.25, -0.2) is 0 Å². The van der Waals surface area contributed by atoms with E-state index in [9.17, 15) is 9.90 Å². The highest BCUT2D eigenvalue weighted by Crippen LogP contribution is 2.35. The largest absolute Gasteiger partial charge is 0.507 e. The van der Waals surface area contributed by atoms with Crippen LogP contribution in [-0.2, 0) is 11.3 Å². The Hall–Kier alpha value is -2.17. The van der Waals surface area contributed by atoms with Crippen LogP contribution in [0.2, 0.25) is 0 Å². The number of phenols is 1. The van der Waals surface area contributed by atoms with Crippen LogP contribution in [0, 0.1) is 13.8 Å². The predicted octanol–water partition coefficient (Wildman–Crippen LogP) is 2.46. The number of phenolic OH excluding ortho intramolecular Hbond substituents is 1. The van der Waals surface area contributed by atoms with Gasteiger partial charge in [0.2, 0.25) is 5.12 Å². The van der Waals surface area contributed by atoms with Crippen molar-refractivity contribution in [1.82, 2.24) is 15.5 Å². The molecule has 2 N–H and O–H groups in total. The van der Waals surface area contributed by atoms with E-state index in [0.29, 0.717) is 39.1 Å². The van der Waals surface area contributed by atoms with E-state index in [1.54, 1.807) is 13.8 Å². The minimum atomic E-state index is -0.447. The van der Waals surface area contributed by atoms with E-state index in [-0.39, 0.29) is 29.8 Å². The van der Waals surface area contributed by atoms with Crippen LogP contribution in [0.3, 0.4) is 0 Å². The summed E-state index contributed by atoms with van der Waals surface area (Å²) in [5.41, 5.74) is 1.44. The molecule has 1 aromatic heterocycles. The molecular formula is C17H19N3O5S2. The summed E-state index contributed by atoms with van der Waals surface area (Å²) in [6.07, 6.45) is 0. The first-order valence-electron chi connectivity index (χ1n) is 8.14. The van der Waals surface area contributed by atoms with Crippen molar-refractivity contribution in [1.29, 1.82) is 0 Å². The monoisotopic (exact) mass is 409 g/mol. The number of nitrogens with one attached hydrogen (secondary N) is 1. The number of benzene rings is 1. The van der Waals surface area contributed by atoms with Crippen LogP contribution >= 0.6 is 24.0 Å². The lowest BCUT2D eigenvalue weighted by Crippen LogP contribution is -2.31. The molecule has 0 fully saturated rings. The van der Waals surface area contributed by atoms with Crippen molar-refractivity contribution < 1.29 is 23.9 Å². The molecule has 0 saturated carbocycles. The number of fused-ring (bicyclic) bond motifs is 1. The zero-order valence-electron chi connectivity index (χ0n) is 15.1. The van der Waals surface area contributed by atoms with Crippen molar-refractivity contribution in [2.45, 2.75) is 26.5 Å². The van der Waals surface area contributed by atoms with E-state index in [4.69, 9.17) is 26.2 Å². The zero-order chi connectivity index (χ0) is 19.6. The minimum Gasteiger partial charge on any atom is -0.507 e. The predicted molar refractivity (Wildman–Crippen MR) is 103 cm³/mol. The van der Waals surface area contributed by atoms with Gasteiger partial charge < -0.3 is 24.4 Å². The molecule has 27 heavy (non-hydrogen) atoms. The molecule has 0 amide bonds. The first-order chi connectivity index (χ1) is 12.9. The molecule has 1 aliphatic heterocycles. The molecule has 10 heteroatoms. The second kappa shape index (κ2) is 8.24. The molecule has 0 spiro atoms. The van der Waals surface area contributed by atoms with Gasteiger partial charge in [-0.05, 0) is 13.8 Å². The SMILES string of the molecule is COc1cc(O)c2c(c1C)C(=O)SCC(=S)N[C@@H](c1nc(C)no1)COC2. The average molecular weight is 409 g/mol. The molecule has 144 valence electrons. The molecule has 8 nitrogen and oxygen atoms in total. The number of thiocarbonyl (C=S) groups is 1. The number of carbonyl (C=O) groups is 1. The first kappa shape index (κ1) is 19.6. The third-order valence-electron chi connectivity index (χ3n) is 4.09. The third kappa shape index (κ3) is 4.23. The summed E-state index contributed by atoms with van der Waals surface area (Å²) in [5.74, 6) is 1.51. The number of hydrogen-bond acceptors (Lipinski definition) is 9. The molecule has 2 aromatic rings. The Morgan fingerprint density at radius 2 is 2.22 bits per heavy atom. The summed E-state index contributed by atoms with van der Waals surface area (Å²) in [6, 6.07) is 1.04. The fourth-order valence-electron chi connectivity index (χ4n) is 2.78. The molecule has 0 radical (unpaired) electrons. The van der Waals surface area contributed by atoms with Gasteiger partial charge in [-0.3, -0.25) is 4.79 Å². The molecule has 1 aliphatic rings. The number of nitrogens with zero attached hydrogens (tertiary/aromatic N) is 2. The van der Waals surface area contributed by atoms with Crippen molar-refractivity contribution in [2.24, 2.45) is 0 Å². The number of rotatable bonds is 2. The normalized spacial score (nSPS) is 18.4. The fraction of sp³-hybridized carbons (Fsp3) is 0.412. The lowest BCUT2D eigenvalue weighted by atomic mass is 10.0. The number of methoxy groups -OCH3 is 1. The molecule has 1 aromatic carbocycles. The van der Waals surface area contributed by atoms with E-state index in [1.165, 1.54) is 13.2 Å². The smallest absolute Gasteiger partial charge is 0.251 e. The number of aryl methyl sites for hydroxylation is 1. The Morgan fingerprint density at radius 1 is 1.44 bits per heavy atom. The number of hydrogen-bond donors (Lipinski definition) is 2. The van der Waals surface area contributed by atoms with Gasteiger partial charge in [0.25, 0.3) is 5.89 Å². The Labute approximate surface area is 165 Å². The summed E-state index contributed by atoms with van der Waals surface area (Å²) >= 11 is 6.39. The van der Waals surface area contributed by atoms with Gasteiger partial charge in [0, 0.05) is 22.8 Å². The standard InChI is InChI=1S/C17H19N3O5S2/c1-8-13(23-3)4-12(21)10-5-24-6-11(16-18-9(2)20-25-16)19-14(26)7-27-17(22)15(8)10/h4,11,21H,5-7H2,1-3H3,(H,19,26)/t11-/m1/s1. The van der Waals surface area contributed by atoms with Crippen molar-refractivity contribution in [3.05, 3.63) is 34.5 Å². The number of thioether (sulfide) groups is 1. The van der Waals surface area contributed by atoms with E-state index < -0.39 is 6.04 Å². The summed E-state index contributed by atoms with van der Waals surface area (Å²) < 4.78 is 16.2. The fourth-order valence-corrected chi connectivity index (χ4v) is 3.86. The Morgan fingerprint density at radius 3 is 2.89 bits per heavy atom. The molecule has 0 aliphatic carbocycles. The van der Waals surface area contributed by atoms with E-state index in [2.05, 4.69) is 15.5 Å². The van der Waals surface area contributed by atoms with Gasteiger partial charge >= 0.3 is 0 Å². The second-order valence-electron chi connectivity index (χ2n) is 5.97. The van der Waals surface area contributed by atoms with Gasteiger partial charge in [-0.1, -0.05) is 29.1 Å². The molecule has 1 atom stereocenters. The summed E-state index contributed by atoms with van der Waals surface area (Å²) in [4.78, 5) is 17.5. The third-order valence-corrected chi connectivity index (χ3v) is 5.43. The van der Waals surface area contributed by atoms with Crippen LogP contribution in [0.1, 0.15) is 39.2 Å². The Kier molecular flexibility index (Phi) is 5.98. The van der Waals surface area contributed by atoms with Crippen LogP contribution in [0.5, 0.6) is 11.5 Å². The minimum absolute atomic E-state index is 0.0381. The van der Waals surface area contributed by atoms with Crippen LogP contribution in [-0.4, -0.2) is 44.8 Å². The van der Waals surface area contributed by atoms with Crippen molar-refractivity contribution in [3.63, 3.8) is 0 Å². The van der Waals surface area contributed by atoms with Crippen LogP contribution < -0.4 is 10.1 Å². The molecule has 2 heterocycles. The van der Waals surface area contributed by atoms with Crippen LogP contribution in [0.25, 0.3) is 0 Å². The maximum Gasteiger partial charge on any atom is 0.251 e. The van der Waals surface area contributed by atoms with Gasteiger partial charge in [0.15, 0.2) is 5.82 Å². The first-order valence-corrected chi connectivity index (χ1v) is 9.54. The number of aromatic hydroxyl groups is 1. The maximum atomic E-state index is 12.8. The lowest BCUT2D eigenvalue weighted by molar-refractivity contribution is 0.0916. The lowest BCUT2D eigenvalue weighted by Gasteiger charge is -2.17. The number of carbonyl (C=O) groups excluding carboxylic acids is 1. The number of aromatic nitrogens is 2. The Balaban J connectivity index is 1.95. The molecule has 0 bridgehead atoms. The van der Waals surface area contributed by atoms with Gasteiger partial charge in [-0.2, -0.15) is 4.98 Å². The maximum absolute atomic E-state index is 12.8. The zero-order valence-corrected chi connectivity index (χ0v) is 16.7. The molecule has 0 unspecified atom stereocenters.